The average Bonchev–Trinajstić information content (AvgIpc) is 3.50. The fourth-order valence-corrected chi connectivity index (χ4v) is 4.33. The van der Waals surface area contributed by atoms with Crippen LogP contribution in [0.25, 0.3) is 16.5 Å². The zero-order valence-electron chi connectivity index (χ0n) is 19.2. The maximum absolute atomic E-state index is 13.7. The van der Waals surface area contributed by atoms with E-state index in [4.69, 9.17) is 9.47 Å². The standard InChI is InChI=1S/C27H24F4N2O3/c28-20-8-6-17(7-9-20)14-32-24-5-1-3-18-15-33(26(34)25(18)24)21-11-19(27(29,30)31)12-23(13-21)36-16-22-4-2-10-35-22/h1,3,5-9,11-13,15,22,32,34H,2,4,10,14,16H2. The van der Waals surface area contributed by atoms with E-state index < -0.39 is 11.7 Å². The van der Waals surface area contributed by atoms with Crippen LogP contribution in [0.15, 0.2) is 66.9 Å². The second kappa shape index (κ2) is 9.73. The molecule has 0 spiro atoms. The van der Waals surface area contributed by atoms with E-state index in [-0.39, 0.29) is 35.8 Å². The van der Waals surface area contributed by atoms with Gasteiger partial charge in [0.2, 0.25) is 5.88 Å². The number of hydrogen-bond acceptors (Lipinski definition) is 4. The first-order valence-electron chi connectivity index (χ1n) is 11.6. The SMILES string of the molecule is Oc1c2c(NCc3ccc(F)cc3)cccc2cn1-c1cc(OCC2CCCO2)cc(C(F)(F)F)c1. The van der Waals surface area contributed by atoms with Gasteiger partial charge in [0.25, 0.3) is 0 Å². The molecule has 0 aliphatic carbocycles. The second-order valence-corrected chi connectivity index (χ2v) is 8.73. The number of alkyl halides is 3. The van der Waals surface area contributed by atoms with Crippen LogP contribution >= 0.6 is 0 Å². The lowest BCUT2D eigenvalue weighted by Crippen LogP contribution is -2.17. The maximum Gasteiger partial charge on any atom is 0.416 e. The zero-order chi connectivity index (χ0) is 25.3. The van der Waals surface area contributed by atoms with Crippen molar-refractivity contribution in [2.24, 2.45) is 0 Å². The highest BCUT2D eigenvalue weighted by atomic mass is 19.4. The fraction of sp³-hybridized carbons (Fsp3) is 0.259. The predicted molar refractivity (Wildman–Crippen MR) is 128 cm³/mol. The Bertz CT molecular complexity index is 1360. The summed E-state index contributed by atoms with van der Waals surface area (Å²) in [5.41, 5.74) is 0.660. The van der Waals surface area contributed by atoms with Crippen molar-refractivity contribution < 1.29 is 32.1 Å². The molecule has 188 valence electrons. The number of nitrogens with one attached hydrogen (secondary N) is 1. The molecule has 36 heavy (non-hydrogen) atoms. The highest BCUT2D eigenvalue weighted by Crippen LogP contribution is 2.39. The lowest BCUT2D eigenvalue weighted by molar-refractivity contribution is -0.137. The maximum atomic E-state index is 13.7. The Labute approximate surface area is 204 Å². The first-order chi connectivity index (χ1) is 17.3. The summed E-state index contributed by atoms with van der Waals surface area (Å²) in [5.74, 6) is -0.505. The van der Waals surface area contributed by atoms with Crippen molar-refractivity contribution in [2.75, 3.05) is 18.5 Å². The number of hydrogen-bond donors (Lipinski definition) is 2. The van der Waals surface area contributed by atoms with Crippen molar-refractivity contribution in [1.29, 1.82) is 0 Å². The minimum atomic E-state index is -4.60. The molecule has 4 aromatic rings. The van der Waals surface area contributed by atoms with Crippen LogP contribution in [-0.2, 0) is 17.5 Å². The van der Waals surface area contributed by atoms with Crippen LogP contribution in [0.1, 0.15) is 24.0 Å². The molecule has 3 aromatic carbocycles. The molecule has 2 heterocycles. The Kier molecular flexibility index (Phi) is 6.49. The molecule has 0 amide bonds. The van der Waals surface area contributed by atoms with Crippen molar-refractivity contribution >= 4 is 16.5 Å². The lowest BCUT2D eigenvalue weighted by atomic mass is 10.1. The quantitative estimate of drug-likeness (QED) is 0.279. The van der Waals surface area contributed by atoms with E-state index in [9.17, 15) is 22.7 Å². The summed E-state index contributed by atoms with van der Waals surface area (Å²) in [7, 11) is 0. The Morgan fingerprint density at radius 1 is 1.08 bits per heavy atom. The van der Waals surface area contributed by atoms with Crippen LogP contribution in [0.4, 0.5) is 23.2 Å². The Hall–Kier alpha value is -3.72. The molecule has 2 N–H and O–H groups in total. The lowest BCUT2D eigenvalue weighted by Gasteiger charge is -2.16. The second-order valence-electron chi connectivity index (χ2n) is 8.73. The van der Waals surface area contributed by atoms with Gasteiger partial charge in [-0.3, -0.25) is 4.57 Å². The molecule has 1 atom stereocenters. The number of anilines is 1. The van der Waals surface area contributed by atoms with Gasteiger partial charge < -0.3 is 19.9 Å². The molecule has 1 aliphatic heterocycles. The van der Waals surface area contributed by atoms with Gasteiger partial charge in [-0.05, 0) is 48.7 Å². The number of ether oxygens (including phenoxy) is 2. The largest absolute Gasteiger partial charge is 0.494 e. The molecule has 1 aliphatic rings. The summed E-state index contributed by atoms with van der Waals surface area (Å²) in [6, 6.07) is 14.7. The fourth-order valence-electron chi connectivity index (χ4n) is 4.33. The molecule has 1 aromatic heterocycles. The number of fused-ring (bicyclic) bond motifs is 1. The monoisotopic (exact) mass is 500 g/mol. The van der Waals surface area contributed by atoms with Gasteiger partial charge in [-0.15, -0.1) is 0 Å². The van der Waals surface area contributed by atoms with Crippen LogP contribution in [-0.4, -0.2) is 29.0 Å². The third-order valence-corrected chi connectivity index (χ3v) is 6.17. The Balaban J connectivity index is 1.48. The van der Waals surface area contributed by atoms with E-state index in [1.54, 1.807) is 36.5 Å². The van der Waals surface area contributed by atoms with Gasteiger partial charge in [-0.2, -0.15) is 13.2 Å². The van der Waals surface area contributed by atoms with Crippen LogP contribution in [0.3, 0.4) is 0 Å². The van der Waals surface area contributed by atoms with Crippen molar-refractivity contribution in [3.05, 3.63) is 83.8 Å². The summed E-state index contributed by atoms with van der Waals surface area (Å²) in [6.45, 7) is 1.13. The van der Waals surface area contributed by atoms with Gasteiger partial charge >= 0.3 is 6.18 Å². The number of benzene rings is 3. The van der Waals surface area contributed by atoms with Crippen LogP contribution in [0.5, 0.6) is 11.6 Å². The number of aromatic hydroxyl groups is 1. The molecule has 0 radical (unpaired) electrons. The summed E-state index contributed by atoms with van der Waals surface area (Å²) in [5, 5.41) is 15.4. The van der Waals surface area contributed by atoms with Gasteiger partial charge in [0.15, 0.2) is 0 Å². The van der Waals surface area contributed by atoms with E-state index in [0.717, 1.165) is 30.5 Å². The number of rotatable bonds is 7. The van der Waals surface area contributed by atoms with Crippen molar-refractivity contribution in [3.63, 3.8) is 0 Å². The normalized spacial score (nSPS) is 15.9. The number of nitrogens with zero attached hydrogens (tertiary/aromatic N) is 1. The Morgan fingerprint density at radius 3 is 2.61 bits per heavy atom. The van der Waals surface area contributed by atoms with E-state index in [1.165, 1.54) is 22.8 Å². The molecule has 1 unspecified atom stereocenters. The molecular weight excluding hydrogens is 476 g/mol. The summed E-state index contributed by atoms with van der Waals surface area (Å²) in [4.78, 5) is 0. The first-order valence-corrected chi connectivity index (χ1v) is 11.6. The first kappa shape index (κ1) is 24.0. The van der Waals surface area contributed by atoms with Gasteiger partial charge in [-0.25, -0.2) is 4.39 Å². The van der Waals surface area contributed by atoms with E-state index in [0.29, 0.717) is 29.6 Å². The minimum absolute atomic E-state index is 0.0436. The van der Waals surface area contributed by atoms with Gasteiger partial charge in [0.05, 0.1) is 22.7 Å². The third-order valence-electron chi connectivity index (χ3n) is 6.17. The summed E-state index contributed by atoms with van der Waals surface area (Å²) < 4.78 is 66.7. The molecule has 0 bridgehead atoms. The van der Waals surface area contributed by atoms with E-state index >= 15 is 0 Å². The number of halogens is 4. The van der Waals surface area contributed by atoms with Crippen LogP contribution < -0.4 is 10.1 Å². The Morgan fingerprint density at radius 2 is 1.89 bits per heavy atom. The molecule has 1 fully saturated rings. The van der Waals surface area contributed by atoms with Gasteiger partial charge in [0, 0.05) is 36.5 Å². The minimum Gasteiger partial charge on any atom is -0.494 e. The molecular formula is C27H24F4N2O3. The van der Waals surface area contributed by atoms with Gasteiger partial charge in [0.1, 0.15) is 18.2 Å². The van der Waals surface area contributed by atoms with Crippen molar-refractivity contribution in [1.82, 2.24) is 4.57 Å². The molecule has 5 nitrogen and oxygen atoms in total. The van der Waals surface area contributed by atoms with Crippen molar-refractivity contribution in [3.8, 4) is 17.3 Å². The zero-order valence-corrected chi connectivity index (χ0v) is 19.2. The van der Waals surface area contributed by atoms with Gasteiger partial charge in [-0.1, -0.05) is 24.3 Å². The highest BCUT2D eigenvalue weighted by molar-refractivity contribution is 5.99. The molecule has 0 saturated carbocycles. The van der Waals surface area contributed by atoms with Crippen LogP contribution in [0.2, 0.25) is 0 Å². The average molecular weight is 500 g/mol. The molecule has 5 rings (SSSR count). The highest BCUT2D eigenvalue weighted by Gasteiger charge is 2.32. The summed E-state index contributed by atoms with van der Waals surface area (Å²) in [6.07, 6.45) is -1.48. The van der Waals surface area contributed by atoms with Crippen LogP contribution in [0, 0.1) is 5.82 Å². The number of aromatic nitrogens is 1. The predicted octanol–water partition coefficient (Wildman–Crippen LogP) is 6.66. The molecule has 9 heteroatoms. The topological polar surface area (TPSA) is 55.7 Å². The summed E-state index contributed by atoms with van der Waals surface area (Å²) >= 11 is 0. The molecule has 1 saturated heterocycles. The van der Waals surface area contributed by atoms with E-state index in [2.05, 4.69) is 5.32 Å². The van der Waals surface area contributed by atoms with Crippen molar-refractivity contribution in [2.45, 2.75) is 31.7 Å². The van der Waals surface area contributed by atoms with E-state index in [1.807, 2.05) is 0 Å². The third kappa shape index (κ3) is 5.11. The smallest absolute Gasteiger partial charge is 0.416 e.